The monoisotopic (exact) mass is 338 g/mol. The number of nitrogens with zero attached hydrogens (tertiary/aromatic N) is 1. The first-order chi connectivity index (χ1) is 11.6. The van der Waals surface area contributed by atoms with Crippen molar-refractivity contribution in [3.8, 4) is 10.6 Å². The highest BCUT2D eigenvalue weighted by atomic mass is 32.1. The summed E-state index contributed by atoms with van der Waals surface area (Å²) in [6.07, 6.45) is 1.57. The fourth-order valence-electron chi connectivity index (χ4n) is 2.33. The molecule has 0 fully saturated rings. The van der Waals surface area contributed by atoms with Gasteiger partial charge in [-0.25, -0.2) is 4.98 Å². The average molecular weight is 338 g/mol. The molecule has 1 heterocycles. The van der Waals surface area contributed by atoms with E-state index in [1.165, 1.54) is 11.3 Å². The van der Waals surface area contributed by atoms with E-state index in [-0.39, 0.29) is 12.5 Å². The van der Waals surface area contributed by atoms with E-state index in [9.17, 15) is 9.90 Å². The van der Waals surface area contributed by atoms with Crippen LogP contribution < -0.4 is 5.32 Å². The number of hydrogen-bond acceptors (Lipinski definition) is 4. The van der Waals surface area contributed by atoms with Gasteiger partial charge in [0.25, 0.3) is 5.91 Å². The fourth-order valence-corrected chi connectivity index (χ4v) is 3.17. The van der Waals surface area contributed by atoms with Gasteiger partial charge in [-0.15, -0.1) is 11.3 Å². The van der Waals surface area contributed by atoms with Crippen molar-refractivity contribution in [1.82, 2.24) is 10.3 Å². The molecule has 0 spiro atoms. The first-order valence-electron chi connectivity index (χ1n) is 7.63. The lowest BCUT2D eigenvalue weighted by molar-refractivity contribution is 0.0527. The Labute approximate surface area is 144 Å². The molecular formula is C19H18N2O2S. The smallest absolute Gasteiger partial charge is 0.263 e. The van der Waals surface area contributed by atoms with Crippen molar-refractivity contribution in [2.45, 2.75) is 12.5 Å². The fraction of sp³-hybridized carbons (Fsp3) is 0.158. The quantitative estimate of drug-likeness (QED) is 0.749. The van der Waals surface area contributed by atoms with Crippen molar-refractivity contribution in [2.24, 2.45) is 0 Å². The van der Waals surface area contributed by atoms with Gasteiger partial charge in [-0.05, 0) is 12.5 Å². The van der Waals surface area contributed by atoms with Crippen LogP contribution in [0.5, 0.6) is 0 Å². The van der Waals surface area contributed by atoms with Crippen molar-refractivity contribution in [1.29, 1.82) is 0 Å². The second kappa shape index (κ2) is 6.95. The van der Waals surface area contributed by atoms with Crippen molar-refractivity contribution in [3.63, 3.8) is 0 Å². The van der Waals surface area contributed by atoms with Gasteiger partial charge in [0, 0.05) is 5.56 Å². The highest BCUT2D eigenvalue weighted by Gasteiger charge is 2.24. The zero-order chi connectivity index (χ0) is 17.0. The summed E-state index contributed by atoms with van der Waals surface area (Å²) in [5, 5.41) is 14.1. The molecule has 3 rings (SSSR count). The van der Waals surface area contributed by atoms with E-state index in [1.807, 2.05) is 60.7 Å². The molecule has 2 N–H and O–H groups in total. The van der Waals surface area contributed by atoms with E-state index in [2.05, 4.69) is 10.3 Å². The van der Waals surface area contributed by atoms with E-state index in [4.69, 9.17) is 0 Å². The Balaban J connectivity index is 1.67. The van der Waals surface area contributed by atoms with Crippen molar-refractivity contribution in [2.75, 3.05) is 6.54 Å². The summed E-state index contributed by atoms with van der Waals surface area (Å²) in [6, 6.07) is 19.0. The summed E-state index contributed by atoms with van der Waals surface area (Å²) in [5.74, 6) is -0.231. The molecule has 5 heteroatoms. The Bertz CT molecular complexity index is 814. The van der Waals surface area contributed by atoms with Gasteiger partial charge in [-0.3, -0.25) is 4.79 Å². The van der Waals surface area contributed by atoms with Crippen LogP contribution in [0, 0.1) is 0 Å². The van der Waals surface area contributed by atoms with E-state index >= 15 is 0 Å². The van der Waals surface area contributed by atoms with Gasteiger partial charge in [-0.1, -0.05) is 60.7 Å². The summed E-state index contributed by atoms with van der Waals surface area (Å²) >= 11 is 1.34. The number of thiazole rings is 1. The molecule has 4 nitrogen and oxygen atoms in total. The standard InChI is InChI=1S/C19H18N2O2S/c1-19(23,15-10-6-3-7-11-15)13-21-17(22)16-12-20-18(24-16)14-8-4-2-5-9-14/h2-12,23H,13H2,1H3,(H,21,22). The summed E-state index contributed by atoms with van der Waals surface area (Å²) < 4.78 is 0. The van der Waals surface area contributed by atoms with Crippen LogP contribution in [0.4, 0.5) is 0 Å². The van der Waals surface area contributed by atoms with E-state index < -0.39 is 5.60 Å². The van der Waals surface area contributed by atoms with Crippen molar-refractivity contribution >= 4 is 17.2 Å². The molecule has 1 atom stereocenters. The first-order valence-corrected chi connectivity index (χ1v) is 8.45. The predicted octanol–water partition coefficient (Wildman–Crippen LogP) is 3.45. The molecule has 1 unspecified atom stereocenters. The number of aliphatic hydroxyl groups is 1. The molecule has 0 bridgehead atoms. The molecule has 0 aliphatic carbocycles. The van der Waals surface area contributed by atoms with Crippen LogP contribution in [0.15, 0.2) is 66.9 Å². The van der Waals surface area contributed by atoms with Crippen LogP contribution in [0.3, 0.4) is 0 Å². The van der Waals surface area contributed by atoms with Crippen LogP contribution in [-0.4, -0.2) is 22.5 Å². The van der Waals surface area contributed by atoms with Crippen LogP contribution in [-0.2, 0) is 5.60 Å². The van der Waals surface area contributed by atoms with Crippen molar-refractivity contribution in [3.05, 3.63) is 77.3 Å². The number of nitrogens with one attached hydrogen (secondary N) is 1. The van der Waals surface area contributed by atoms with Gasteiger partial charge in [-0.2, -0.15) is 0 Å². The number of aromatic nitrogens is 1. The third-order valence-corrected chi connectivity index (χ3v) is 4.78. The molecule has 2 aromatic carbocycles. The van der Waals surface area contributed by atoms with Gasteiger partial charge in [0.15, 0.2) is 0 Å². The summed E-state index contributed by atoms with van der Waals surface area (Å²) in [5.41, 5.74) is 0.626. The molecule has 122 valence electrons. The summed E-state index contributed by atoms with van der Waals surface area (Å²) in [7, 11) is 0. The van der Waals surface area contributed by atoms with Crippen LogP contribution in [0.1, 0.15) is 22.2 Å². The summed E-state index contributed by atoms with van der Waals surface area (Å²) in [4.78, 5) is 17.1. The van der Waals surface area contributed by atoms with Crippen LogP contribution >= 0.6 is 11.3 Å². The van der Waals surface area contributed by atoms with Gasteiger partial charge in [0.1, 0.15) is 15.5 Å². The maximum Gasteiger partial charge on any atom is 0.263 e. The van der Waals surface area contributed by atoms with Gasteiger partial charge < -0.3 is 10.4 Å². The Hall–Kier alpha value is -2.50. The van der Waals surface area contributed by atoms with Crippen LogP contribution in [0.2, 0.25) is 0 Å². The highest BCUT2D eigenvalue weighted by Crippen LogP contribution is 2.25. The number of rotatable bonds is 5. The number of benzene rings is 2. The Kier molecular flexibility index (Phi) is 4.74. The Morgan fingerprint density at radius 2 is 1.75 bits per heavy atom. The molecule has 0 aliphatic rings. The SMILES string of the molecule is CC(O)(CNC(=O)c1cnc(-c2ccccc2)s1)c1ccccc1. The average Bonchev–Trinajstić information content (AvgIpc) is 3.11. The molecular weight excluding hydrogens is 320 g/mol. The molecule has 3 aromatic rings. The third kappa shape index (κ3) is 3.69. The lowest BCUT2D eigenvalue weighted by atomic mass is 9.96. The molecule has 0 saturated carbocycles. The van der Waals surface area contributed by atoms with Crippen molar-refractivity contribution < 1.29 is 9.90 Å². The van der Waals surface area contributed by atoms with Gasteiger partial charge in [0.05, 0.1) is 12.7 Å². The normalized spacial score (nSPS) is 13.2. The topological polar surface area (TPSA) is 62.2 Å². The number of amides is 1. The predicted molar refractivity (Wildman–Crippen MR) is 95.9 cm³/mol. The molecule has 1 aromatic heterocycles. The zero-order valence-electron chi connectivity index (χ0n) is 13.3. The van der Waals surface area contributed by atoms with Crippen LogP contribution in [0.25, 0.3) is 10.6 Å². The van der Waals surface area contributed by atoms with E-state index in [1.54, 1.807) is 13.1 Å². The molecule has 24 heavy (non-hydrogen) atoms. The lowest BCUT2D eigenvalue weighted by Gasteiger charge is -2.24. The second-order valence-electron chi connectivity index (χ2n) is 5.72. The Morgan fingerprint density at radius 3 is 2.42 bits per heavy atom. The van der Waals surface area contributed by atoms with Gasteiger partial charge >= 0.3 is 0 Å². The minimum atomic E-state index is -1.12. The number of carbonyl (C=O) groups excluding carboxylic acids is 1. The number of hydrogen-bond donors (Lipinski definition) is 2. The van der Waals surface area contributed by atoms with E-state index in [0.29, 0.717) is 4.88 Å². The zero-order valence-corrected chi connectivity index (χ0v) is 14.1. The van der Waals surface area contributed by atoms with E-state index in [0.717, 1.165) is 16.1 Å². The Morgan fingerprint density at radius 1 is 1.12 bits per heavy atom. The molecule has 0 aliphatic heterocycles. The third-order valence-electron chi connectivity index (χ3n) is 3.74. The largest absolute Gasteiger partial charge is 0.384 e. The molecule has 1 amide bonds. The number of carbonyl (C=O) groups is 1. The highest BCUT2D eigenvalue weighted by molar-refractivity contribution is 7.16. The lowest BCUT2D eigenvalue weighted by Crippen LogP contribution is -2.38. The minimum Gasteiger partial charge on any atom is -0.384 e. The summed E-state index contributed by atoms with van der Waals surface area (Å²) in [6.45, 7) is 1.82. The van der Waals surface area contributed by atoms with Gasteiger partial charge in [0.2, 0.25) is 0 Å². The first kappa shape index (κ1) is 16.4. The minimum absolute atomic E-state index is 0.133. The molecule has 0 saturated heterocycles. The maximum absolute atomic E-state index is 12.3. The maximum atomic E-state index is 12.3. The second-order valence-corrected chi connectivity index (χ2v) is 6.75. The molecule has 0 radical (unpaired) electrons.